The standard InChI is InChI=1S/C20H27N3O3/c1-4-6-13-26-17-9-7-16(8-10-17)11-12-21-19-18(20(24)25-5-2)15(3)22-14-23-19/h7-10,14H,4-6,11-13H2,1-3H3,(H,21,22,23). The minimum absolute atomic E-state index is 0.319. The first-order valence-corrected chi connectivity index (χ1v) is 9.10. The number of esters is 1. The van der Waals surface area contributed by atoms with Gasteiger partial charge in [-0.25, -0.2) is 14.8 Å². The van der Waals surface area contributed by atoms with E-state index in [9.17, 15) is 4.79 Å². The molecule has 26 heavy (non-hydrogen) atoms. The number of ether oxygens (including phenoxy) is 2. The molecule has 0 radical (unpaired) electrons. The molecule has 2 rings (SSSR count). The number of hydrogen-bond donors (Lipinski definition) is 1. The van der Waals surface area contributed by atoms with Crippen molar-refractivity contribution in [3.05, 3.63) is 47.4 Å². The molecule has 1 aromatic carbocycles. The van der Waals surface area contributed by atoms with Gasteiger partial charge in [-0.1, -0.05) is 25.5 Å². The smallest absolute Gasteiger partial charge is 0.343 e. The maximum absolute atomic E-state index is 12.1. The van der Waals surface area contributed by atoms with E-state index in [1.165, 1.54) is 11.9 Å². The lowest BCUT2D eigenvalue weighted by molar-refractivity contribution is 0.0525. The third-order valence-electron chi connectivity index (χ3n) is 3.91. The number of carbonyl (C=O) groups excluding carboxylic acids is 1. The fraction of sp³-hybridized carbons (Fsp3) is 0.450. The summed E-state index contributed by atoms with van der Waals surface area (Å²) < 4.78 is 10.8. The summed E-state index contributed by atoms with van der Waals surface area (Å²) in [6.45, 7) is 7.42. The van der Waals surface area contributed by atoms with Crippen LogP contribution in [-0.2, 0) is 11.2 Å². The zero-order valence-corrected chi connectivity index (χ0v) is 15.7. The number of hydrogen-bond acceptors (Lipinski definition) is 6. The third kappa shape index (κ3) is 5.72. The van der Waals surface area contributed by atoms with Crippen LogP contribution in [0.1, 0.15) is 48.3 Å². The summed E-state index contributed by atoms with van der Waals surface area (Å²) >= 11 is 0. The highest BCUT2D eigenvalue weighted by Gasteiger charge is 2.17. The van der Waals surface area contributed by atoms with Gasteiger partial charge in [0.15, 0.2) is 0 Å². The lowest BCUT2D eigenvalue weighted by Gasteiger charge is -2.12. The number of anilines is 1. The Kier molecular flexibility index (Phi) is 7.86. The second kappa shape index (κ2) is 10.4. The number of nitrogens with one attached hydrogen (secondary N) is 1. The summed E-state index contributed by atoms with van der Waals surface area (Å²) in [5.74, 6) is 1.00. The van der Waals surface area contributed by atoms with E-state index >= 15 is 0 Å². The molecule has 0 atom stereocenters. The Bertz CT molecular complexity index is 702. The average molecular weight is 357 g/mol. The fourth-order valence-corrected chi connectivity index (χ4v) is 2.47. The number of benzene rings is 1. The molecule has 0 aliphatic carbocycles. The Morgan fingerprint density at radius 3 is 2.62 bits per heavy atom. The number of unbranched alkanes of at least 4 members (excludes halogenated alkanes) is 1. The Balaban J connectivity index is 1.91. The van der Waals surface area contributed by atoms with Gasteiger partial charge in [0.1, 0.15) is 23.5 Å². The quantitative estimate of drug-likeness (QED) is 0.515. The van der Waals surface area contributed by atoms with Crippen LogP contribution < -0.4 is 10.1 Å². The van der Waals surface area contributed by atoms with Crippen molar-refractivity contribution in [3.63, 3.8) is 0 Å². The third-order valence-corrected chi connectivity index (χ3v) is 3.91. The maximum Gasteiger partial charge on any atom is 0.343 e. The first kappa shape index (κ1) is 19.7. The van der Waals surface area contributed by atoms with Gasteiger partial charge in [-0.3, -0.25) is 0 Å². The Hall–Kier alpha value is -2.63. The van der Waals surface area contributed by atoms with Crippen LogP contribution in [-0.4, -0.2) is 35.7 Å². The predicted octanol–water partition coefficient (Wildman–Crippen LogP) is 3.80. The molecule has 0 amide bonds. The van der Waals surface area contributed by atoms with Crippen molar-refractivity contribution in [2.75, 3.05) is 25.1 Å². The molecule has 0 saturated heterocycles. The topological polar surface area (TPSA) is 73.3 Å². The first-order valence-electron chi connectivity index (χ1n) is 9.10. The van der Waals surface area contributed by atoms with E-state index in [0.29, 0.717) is 30.2 Å². The second-order valence-corrected chi connectivity index (χ2v) is 5.93. The largest absolute Gasteiger partial charge is 0.494 e. The van der Waals surface area contributed by atoms with E-state index in [1.807, 2.05) is 12.1 Å². The van der Waals surface area contributed by atoms with Crippen molar-refractivity contribution in [3.8, 4) is 5.75 Å². The molecule has 0 aliphatic heterocycles. The van der Waals surface area contributed by atoms with Gasteiger partial charge in [0, 0.05) is 6.54 Å². The molecule has 0 bridgehead atoms. The number of rotatable bonds is 10. The van der Waals surface area contributed by atoms with Gasteiger partial charge in [0.05, 0.1) is 18.9 Å². The maximum atomic E-state index is 12.1. The molecule has 1 heterocycles. The van der Waals surface area contributed by atoms with Crippen molar-refractivity contribution in [1.82, 2.24) is 9.97 Å². The SMILES string of the molecule is CCCCOc1ccc(CCNc2ncnc(C)c2C(=O)OCC)cc1. The number of aromatic nitrogens is 2. The minimum Gasteiger partial charge on any atom is -0.494 e. The molecule has 0 saturated carbocycles. The van der Waals surface area contributed by atoms with E-state index in [4.69, 9.17) is 9.47 Å². The zero-order chi connectivity index (χ0) is 18.8. The summed E-state index contributed by atoms with van der Waals surface area (Å²) in [5, 5.41) is 3.22. The van der Waals surface area contributed by atoms with Gasteiger partial charge in [-0.15, -0.1) is 0 Å². The van der Waals surface area contributed by atoms with Crippen molar-refractivity contribution >= 4 is 11.8 Å². The van der Waals surface area contributed by atoms with Crippen LogP contribution in [0.5, 0.6) is 5.75 Å². The van der Waals surface area contributed by atoms with E-state index < -0.39 is 5.97 Å². The van der Waals surface area contributed by atoms with Crippen molar-refractivity contribution in [2.45, 2.75) is 40.0 Å². The highest BCUT2D eigenvalue weighted by atomic mass is 16.5. The monoisotopic (exact) mass is 357 g/mol. The normalized spacial score (nSPS) is 10.4. The Morgan fingerprint density at radius 2 is 1.92 bits per heavy atom. The molecule has 6 nitrogen and oxygen atoms in total. The van der Waals surface area contributed by atoms with Crippen LogP contribution in [0.2, 0.25) is 0 Å². The van der Waals surface area contributed by atoms with E-state index in [2.05, 4.69) is 34.3 Å². The molecule has 2 aromatic rings. The number of nitrogens with zero attached hydrogens (tertiary/aromatic N) is 2. The lowest BCUT2D eigenvalue weighted by atomic mass is 10.1. The molecule has 0 spiro atoms. The molecule has 1 N–H and O–H groups in total. The summed E-state index contributed by atoms with van der Waals surface area (Å²) in [4.78, 5) is 20.4. The predicted molar refractivity (Wildman–Crippen MR) is 102 cm³/mol. The minimum atomic E-state index is -0.401. The van der Waals surface area contributed by atoms with Gasteiger partial charge >= 0.3 is 5.97 Å². The highest BCUT2D eigenvalue weighted by Crippen LogP contribution is 2.17. The lowest BCUT2D eigenvalue weighted by Crippen LogP contribution is -2.15. The summed E-state index contributed by atoms with van der Waals surface area (Å²) in [7, 11) is 0. The van der Waals surface area contributed by atoms with Crippen molar-refractivity contribution < 1.29 is 14.3 Å². The molecule has 0 aliphatic rings. The molecule has 1 aromatic heterocycles. The fourth-order valence-electron chi connectivity index (χ4n) is 2.47. The van der Waals surface area contributed by atoms with Crippen LogP contribution in [0.4, 0.5) is 5.82 Å². The molecule has 0 fully saturated rings. The molecular formula is C20H27N3O3. The van der Waals surface area contributed by atoms with E-state index in [1.54, 1.807) is 13.8 Å². The zero-order valence-electron chi connectivity index (χ0n) is 15.7. The van der Waals surface area contributed by atoms with Gasteiger partial charge in [-0.2, -0.15) is 0 Å². The number of carbonyl (C=O) groups is 1. The van der Waals surface area contributed by atoms with Gasteiger partial charge < -0.3 is 14.8 Å². The Labute approximate surface area is 155 Å². The van der Waals surface area contributed by atoms with Crippen molar-refractivity contribution in [2.24, 2.45) is 0 Å². The van der Waals surface area contributed by atoms with Crippen LogP contribution >= 0.6 is 0 Å². The van der Waals surface area contributed by atoms with Gasteiger partial charge in [0.2, 0.25) is 0 Å². The van der Waals surface area contributed by atoms with Crippen LogP contribution in [0.25, 0.3) is 0 Å². The Morgan fingerprint density at radius 1 is 1.15 bits per heavy atom. The summed E-state index contributed by atoms with van der Waals surface area (Å²) in [5.41, 5.74) is 2.19. The van der Waals surface area contributed by atoms with Gasteiger partial charge in [0.25, 0.3) is 0 Å². The van der Waals surface area contributed by atoms with Crippen LogP contribution in [0, 0.1) is 6.92 Å². The molecule has 0 unspecified atom stereocenters. The molecular weight excluding hydrogens is 330 g/mol. The van der Waals surface area contributed by atoms with Crippen LogP contribution in [0.3, 0.4) is 0 Å². The molecule has 140 valence electrons. The van der Waals surface area contributed by atoms with E-state index in [-0.39, 0.29) is 0 Å². The van der Waals surface area contributed by atoms with Gasteiger partial charge in [-0.05, 0) is 44.4 Å². The van der Waals surface area contributed by atoms with E-state index in [0.717, 1.165) is 31.6 Å². The average Bonchev–Trinajstić information content (AvgIpc) is 2.63. The first-order chi connectivity index (χ1) is 12.7. The highest BCUT2D eigenvalue weighted by molar-refractivity contribution is 5.95. The van der Waals surface area contributed by atoms with Crippen LogP contribution in [0.15, 0.2) is 30.6 Å². The number of aryl methyl sites for hydroxylation is 1. The second-order valence-electron chi connectivity index (χ2n) is 5.93. The molecule has 6 heteroatoms. The summed E-state index contributed by atoms with van der Waals surface area (Å²) in [6, 6.07) is 8.09. The van der Waals surface area contributed by atoms with Crippen molar-refractivity contribution in [1.29, 1.82) is 0 Å². The summed E-state index contributed by atoms with van der Waals surface area (Å²) in [6.07, 6.45) is 4.44.